The van der Waals surface area contributed by atoms with E-state index in [1.54, 1.807) is 42.6 Å². The highest BCUT2D eigenvalue weighted by Gasteiger charge is 2.37. The Morgan fingerprint density at radius 2 is 1.39 bits per heavy atom. The number of carbonyl (C=O) groups is 3. The summed E-state index contributed by atoms with van der Waals surface area (Å²) in [6, 6.07) is 16.4. The van der Waals surface area contributed by atoms with E-state index in [4.69, 9.17) is 0 Å². The highest BCUT2D eigenvalue weighted by atomic mass is 32.1. The number of benzene rings is 2. The van der Waals surface area contributed by atoms with Gasteiger partial charge in [-0.1, -0.05) is 42.5 Å². The number of hydrogen-bond donors (Lipinski definition) is 0. The summed E-state index contributed by atoms with van der Waals surface area (Å²) in [5.41, 5.74) is 1.80. The van der Waals surface area contributed by atoms with Gasteiger partial charge in [0.25, 0.3) is 11.8 Å². The predicted molar refractivity (Wildman–Crippen MR) is 126 cm³/mol. The molecule has 2 aromatic carbocycles. The second-order valence-electron chi connectivity index (χ2n) is 8.30. The third-order valence-electron chi connectivity index (χ3n) is 6.31. The summed E-state index contributed by atoms with van der Waals surface area (Å²) in [5.74, 6) is -0.0575. The van der Waals surface area contributed by atoms with Crippen LogP contribution in [0.3, 0.4) is 0 Å². The van der Waals surface area contributed by atoms with Crippen LogP contribution in [0.25, 0.3) is 0 Å². The molecule has 33 heavy (non-hydrogen) atoms. The number of hydrogen-bond acceptors (Lipinski definition) is 6. The van der Waals surface area contributed by atoms with Crippen molar-refractivity contribution in [2.24, 2.45) is 0 Å². The van der Waals surface area contributed by atoms with Crippen LogP contribution in [-0.2, 0) is 0 Å². The molecule has 0 unspecified atom stereocenters. The zero-order valence-electron chi connectivity index (χ0n) is 18.1. The van der Waals surface area contributed by atoms with Crippen LogP contribution in [0.1, 0.15) is 36.1 Å². The molecule has 5 rings (SSSR count). The van der Waals surface area contributed by atoms with Crippen molar-refractivity contribution in [2.75, 3.05) is 39.3 Å². The van der Waals surface area contributed by atoms with Gasteiger partial charge in [-0.25, -0.2) is 4.98 Å². The van der Waals surface area contributed by atoms with Gasteiger partial charge in [-0.05, 0) is 12.1 Å². The molecule has 2 amide bonds. The Balaban J connectivity index is 1.12. The first kappa shape index (κ1) is 21.5. The van der Waals surface area contributed by atoms with Crippen molar-refractivity contribution in [3.63, 3.8) is 0 Å². The van der Waals surface area contributed by atoms with Crippen LogP contribution >= 0.6 is 11.3 Å². The lowest BCUT2D eigenvalue weighted by Gasteiger charge is -2.48. The lowest BCUT2D eigenvalue weighted by Crippen LogP contribution is -2.64. The molecule has 3 aromatic rings. The predicted octanol–water partition coefficient (Wildman–Crippen LogP) is 2.66. The van der Waals surface area contributed by atoms with Crippen LogP contribution in [0.5, 0.6) is 0 Å². The smallest absolute Gasteiger partial charge is 0.282 e. The molecule has 3 heterocycles. The van der Waals surface area contributed by atoms with E-state index in [0.717, 1.165) is 13.1 Å². The molecular formula is C25H24N4O3S. The zero-order chi connectivity index (χ0) is 22.8. The number of ketones is 1. The van der Waals surface area contributed by atoms with Gasteiger partial charge in [-0.2, -0.15) is 0 Å². The molecule has 0 radical (unpaired) electrons. The van der Waals surface area contributed by atoms with Crippen molar-refractivity contribution in [3.05, 3.63) is 87.9 Å². The van der Waals surface area contributed by atoms with E-state index in [1.165, 1.54) is 11.3 Å². The number of carbonyl (C=O) groups excluding carboxylic acids is 3. The fraction of sp³-hybridized carbons (Fsp3) is 0.280. The van der Waals surface area contributed by atoms with Crippen LogP contribution in [0, 0.1) is 0 Å². The maximum Gasteiger partial charge on any atom is 0.282 e. The van der Waals surface area contributed by atoms with Gasteiger partial charge in [-0.15, -0.1) is 11.3 Å². The number of rotatable bonds is 5. The summed E-state index contributed by atoms with van der Waals surface area (Å²) in [4.78, 5) is 48.0. The van der Waals surface area contributed by atoms with E-state index in [2.05, 4.69) is 9.88 Å². The Labute approximate surface area is 196 Å². The van der Waals surface area contributed by atoms with Crippen molar-refractivity contribution in [3.8, 4) is 0 Å². The average Bonchev–Trinajstić information content (AvgIpc) is 3.38. The van der Waals surface area contributed by atoms with Crippen LogP contribution in [-0.4, -0.2) is 82.6 Å². The van der Waals surface area contributed by atoms with Gasteiger partial charge in [0.2, 0.25) is 0 Å². The summed E-state index contributed by atoms with van der Waals surface area (Å²) in [6.07, 6.45) is 1.66. The van der Waals surface area contributed by atoms with E-state index < -0.39 is 0 Å². The van der Waals surface area contributed by atoms with Crippen molar-refractivity contribution >= 4 is 28.9 Å². The summed E-state index contributed by atoms with van der Waals surface area (Å²) in [5, 5.41) is 2.36. The molecule has 168 valence electrons. The molecule has 0 aliphatic carbocycles. The van der Waals surface area contributed by atoms with Gasteiger partial charge in [0.15, 0.2) is 10.8 Å². The minimum Gasteiger partial charge on any atom is -0.335 e. The number of nitrogens with zero attached hydrogens (tertiary/aromatic N) is 4. The molecule has 0 bridgehead atoms. The summed E-state index contributed by atoms with van der Waals surface area (Å²) < 4.78 is 0. The quantitative estimate of drug-likeness (QED) is 0.548. The fourth-order valence-corrected chi connectivity index (χ4v) is 4.91. The molecule has 0 spiro atoms. The van der Waals surface area contributed by atoms with Gasteiger partial charge in [0, 0.05) is 73.6 Å². The molecule has 2 aliphatic heterocycles. The fourth-order valence-electron chi connectivity index (χ4n) is 4.31. The Morgan fingerprint density at radius 1 is 0.758 bits per heavy atom. The van der Waals surface area contributed by atoms with E-state index in [1.807, 2.05) is 33.4 Å². The minimum absolute atomic E-state index is 0.00394. The number of piperazine rings is 1. The highest BCUT2D eigenvalue weighted by molar-refractivity contribution is 7.11. The zero-order valence-corrected chi connectivity index (χ0v) is 18.9. The Morgan fingerprint density at radius 3 is 2.03 bits per heavy atom. The molecule has 2 fully saturated rings. The van der Waals surface area contributed by atoms with E-state index in [-0.39, 0.29) is 17.6 Å². The molecular weight excluding hydrogens is 436 g/mol. The molecule has 2 aliphatic rings. The van der Waals surface area contributed by atoms with Crippen molar-refractivity contribution in [2.45, 2.75) is 6.04 Å². The molecule has 7 nitrogen and oxygen atoms in total. The monoisotopic (exact) mass is 460 g/mol. The van der Waals surface area contributed by atoms with Gasteiger partial charge in [-0.3, -0.25) is 19.3 Å². The lowest BCUT2D eigenvalue weighted by molar-refractivity contribution is 0.00852. The largest absolute Gasteiger partial charge is 0.335 e. The standard InChI is InChI=1S/C25H24N4O3S/c30-22(18-4-2-1-3-5-18)19-6-8-20(9-7-19)24(31)29-16-21(17-29)27-11-13-28(14-12-27)25(32)23-26-10-15-33-23/h1-10,15,21H,11-14,16-17H2. The van der Waals surface area contributed by atoms with Crippen molar-refractivity contribution < 1.29 is 14.4 Å². The summed E-state index contributed by atoms with van der Waals surface area (Å²) in [6.45, 7) is 4.34. The lowest BCUT2D eigenvalue weighted by atomic mass is 10.0. The van der Waals surface area contributed by atoms with Crippen molar-refractivity contribution in [1.82, 2.24) is 19.7 Å². The van der Waals surface area contributed by atoms with E-state index in [9.17, 15) is 14.4 Å². The number of aromatic nitrogens is 1. The van der Waals surface area contributed by atoms with E-state index in [0.29, 0.717) is 53.9 Å². The maximum absolute atomic E-state index is 12.8. The number of amides is 2. The van der Waals surface area contributed by atoms with Crippen LogP contribution < -0.4 is 0 Å². The number of thiazole rings is 1. The highest BCUT2D eigenvalue weighted by Crippen LogP contribution is 2.21. The maximum atomic E-state index is 12.8. The first-order valence-corrected chi connectivity index (χ1v) is 11.9. The summed E-state index contributed by atoms with van der Waals surface area (Å²) >= 11 is 1.37. The van der Waals surface area contributed by atoms with Gasteiger partial charge < -0.3 is 9.80 Å². The van der Waals surface area contributed by atoms with Gasteiger partial charge >= 0.3 is 0 Å². The van der Waals surface area contributed by atoms with Crippen molar-refractivity contribution in [1.29, 1.82) is 0 Å². The molecule has 0 saturated carbocycles. The van der Waals surface area contributed by atoms with E-state index >= 15 is 0 Å². The summed E-state index contributed by atoms with van der Waals surface area (Å²) in [7, 11) is 0. The van der Waals surface area contributed by atoms with Crippen LogP contribution in [0.15, 0.2) is 66.2 Å². The Hall–Kier alpha value is -3.36. The molecule has 0 atom stereocenters. The third-order valence-corrected chi connectivity index (χ3v) is 7.07. The number of likely N-dealkylation sites (tertiary alicyclic amines) is 1. The second kappa shape index (κ2) is 9.25. The van der Waals surface area contributed by atoms with Gasteiger partial charge in [0.1, 0.15) is 0 Å². The molecule has 2 saturated heterocycles. The second-order valence-corrected chi connectivity index (χ2v) is 9.20. The Kier molecular flexibility index (Phi) is 6.02. The first-order chi connectivity index (χ1) is 16.1. The topological polar surface area (TPSA) is 73.8 Å². The van der Waals surface area contributed by atoms with Crippen LogP contribution in [0.2, 0.25) is 0 Å². The normalized spacial score (nSPS) is 17.0. The molecule has 1 aromatic heterocycles. The Bertz CT molecular complexity index is 1130. The molecule has 8 heteroatoms. The third kappa shape index (κ3) is 4.44. The molecule has 0 N–H and O–H groups in total. The van der Waals surface area contributed by atoms with Crippen LogP contribution in [0.4, 0.5) is 0 Å². The first-order valence-electron chi connectivity index (χ1n) is 11.0. The SMILES string of the molecule is O=C(c1ccccc1)c1ccc(C(=O)N2CC(N3CCN(C(=O)c4nccs4)CC3)C2)cc1. The average molecular weight is 461 g/mol. The van der Waals surface area contributed by atoms with Gasteiger partial charge in [0.05, 0.1) is 0 Å². The minimum atomic E-state index is -0.0499.